The van der Waals surface area contributed by atoms with E-state index in [0.717, 1.165) is 6.54 Å². The molecule has 0 fully saturated rings. The highest BCUT2D eigenvalue weighted by Crippen LogP contribution is 2.28. The highest BCUT2D eigenvalue weighted by Gasteiger charge is 2.22. The van der Waals surface area contributed by atoms with Gasteiger partial charge in [-0.3, -0.25) is 20.2 Å². The predicted molar refractivity (Wildman–Crippen MR) is 150 cm³/mol. The number of pyridine rings is 2. The van der Waals surface area contributed by atoms with Crippen LogP contribution >= 0.6 is 31.9 Å². The lowest BCUT2D eigenvalue weighted by molar-refractivity contribution is -0.386. The van der Waals surface area contributed by atoms with Crippen molar-refractivity contribution in [1.82, 2.24) is 20.2 Å². The molecule has 0 unspecified atom stereocenters. The molecule has 2 aromatic rings. The van der Waals surface area contributed by atoms with E-state index in [0.29, 0.717) is 28.6 Å². The summed E-state index contributed by atoms with van der Waals surface area (Å²) in [5.41, 5.74) is -0.956. The zero-order valence-corrected chi connectivity index (χ0v) is 25.5. The van der Waals surface area contributed by atoms with Crippen molar-refractivity contribution >= 4 is 49.3 Å². The second-order valence-corrected chi connectivity index (χ2v) is 10.4. The van der Waals surface area contributed by atoms with E-state index in [4.69, 9.17) is 14.2 Å². The molecule has 2 aromatic heterocycles. The Balaban J connectivity index is 0.000000416. The standard InChI is InChI=1S/C14H20BrN3O5.C9H12BrN3O3/c1-5-17(13(19)23-14(2,3)4)6-7-22-12-11(18(20)21)8-10(15)9-16-12;1-2-11-3-4-16-9-8(13(14)15)5-7(10)6-12-9/h8-9H,5-7H2,1-4H3;5-6,11H,2-4H2,1H3. The molecule has 0 saturated carbocycles. The summed E-state index contributed by atoms with van der Waals surface area (Å²) in [4.78, 5) is 41.8. The molecule has 14 nitrogen and oxygen atoms in total. The van der Waals surface area contributed by atoms with Gasteiger partial charge in [-0.2, -0.15) is 0 Å². The average Bonchev–Trinajstić information content (AvgIpc) is 2.85. The number of likely N-dealkylation sites (N-methyl/N-ethyl adjacent to an activating group) is 2. The zero-order chi connectivity index (χ0) is 29.6. The van der Waals surface area contributed by atoms with Crippen molar-refractivity contribution in [1.29, 1.82) is 0 Å². The second kappa shape index (κ2) is 16.8. The van der Waals surface area contributed by atoms with E-state index >= 15 is 0 Å². The summed E-state index contributed by atoms with van der Waals surface area (Å²) < 4.78 is 16.9. The highest BCUT2D eigenvalue weighted by molar-refractivity contribution is 9.10. The Hall–Kier alpha value is -3.11. The van der Waals surface area contributed by atoms with Crippen LogP contribution in [-0.2, 0) is 4.74 Å². The number of aromatic nitrogens is 2. The number of nitrogens with one attached hydrogen (secondary N) is 1. The van der Waals surface area contributed by atoms with Gasteiger partial charge >= 0.3 is 17.5 Å². The molecule has 16 heteroatoms. The van der Waals surface area contributed by atoms with Gasteiger partial charge in [0, 0.05) is 46.6 Å². The molecule has 0 aromatic carbocycles. The molecule has 1 amide bonds. The van der Waals surface area contributed by atoms with Gasteiger partial charge in [0.2, 0.25) is 0 Å². The van der Waals surface area contributed by atoms with Gasteiger partial charge in [0.05, 0.1) is 16.4 Å². The van der Waals surface area contributed by atoms with Crippen LogP contribution in [-0.4, -0.2) is 75.8 Å². The monoisotopic (exact) mass is 678 g/mol. The normalized spacial score (nSPS) is 10.6. The first kappa shape index (κ1) is 33.9. The van der Waals surface area contributed by atoms with Crippen molar-refractivity contribution in [3.05, 3.63) is 53.7 Å². The summed E-state index contributed by atoms with van der Waals surface area (Å²) >= 11 is 6.25. The molecule has 0 bridgehead atoms. The minimum absolute atomic E-state index is 0.0473. The van der Waals surface area contributed by atoms with Crippen molar-refractivity contribution in [2.45, 2.75) is 40.2 Å². The quantitative estimate of drug-likeness (QED) is 0.179. The SMILES string of the molecule is CCN(CCOc1ncc(Br)cc1[N+](=O)[O-])C(=O)OC(C)(C)C.CCNCCOc1ncc(Br)cc1[N+](=O)[O-]. The molecular formula is C23H32Br2N6O8. The van der Waals surface area contributed by atoms with Crippen LogP contribution in [0, 0.1) is 20.2 Å². The first-order valence-corrected chi connectivity index (χ1v) is 13.4. The highest BCUT2D eigenvalue weighted by atomic mass is 79.9. The van der Waals surface area contributed by atoms with Crippen LogP contribution in [0.2, 0.25) is 0 Å². The number of carbonyl (C=O) groups is 1. The van der Waals surface area contributed by atoms with Crippen molar-refractivity contribution in [2.75, 3.05) is 39.4 Å². The first-order valence-electron chi connectivity index (χ1n) is 11.8. The van der Waals surface area contributed by atoms with Gasteiger partial charge in [0.25, 0.3) is 11.8 Å². The number of nitrogens with zero attached hydrogens (tertiary/aromatic N) is 5. The first-order chi connectivity index (χ1) is 18.3. The molecule has 0 aliphatic rings. The number of hydrogen-bond acceptors (Lipinski definition) is 11. The molecule has 0 aliphatic heterocycles. The fraction of sp³-hybridized carbons (Fsp3) is 0.522. The number of hydrogen-bond donors (Lipinski definition) is 1. The van der Waals surface area contributed by atoms with E-state index in [1.165, 1.54) is 29.4 Å². The Bertz CT molecular complexity index is 1120. The molecule has 0 radical (unpaired) electrons. The number of carbonyl (C=O) groups excluding carboxylic acids is 1. The van der Waals surface area contributed by atoms with Crippen LogP contribution in [0.25, 0.3) is 0 Å². The number of amides is 1. The third kappa shape index (κ3) is 13.0. The summed E-state index contributed by atoms with van der Waals surface area (Å²) in [6, 6.07) is 2.68. The average molecular weight is 680 g/mol. The van der Waals surface area contributed by atoms with Crippen LogP contribution in [0.5, 0.6) is 11.8 Å². The minimum atomic E-state index is -0.586. The van der Waals surface area contributed by atoms with E-state index < -0.39 is 21.5 Å². The van der Waals surface area contributed by atoms with Crippen molar-refractivity contribution in [3.8, 4) is 11.8 Å². The lowest BCUT2D eigenvalue weighted by atomic mass is 10.2. The Morgan fingerprint density at radius 1 is 0.974 bits per heavy atom. The lowest BCUT2D eigenvalue weighted by Gasteiger charge is -2.26. The van der Waals surface area contributed by atoms with Crippen LogP contribution in [0.15, 0.2) is 33.5 Å². The number of rotatable bonds is 12. The Morgan fingerprint density at radius 3 is 1.87 bits per heavy atom. The van der Waals surface area contributed by atoms with Crippen molar-refractivity contribution in [2.24, 2.45) is 0 Å². The van der Waals surface area contributed by atoms with Gasteiger partial charge in [-0.25, -0.2) is 14.8 Å². The maximum Gasteiger partial charge on any atom is 0.410 e. The topological polar surface area (TPSA) is 172 Å². The van der Waals surface area contributed by atoms with Gasteiger partial charge in [0.1, 0.15) is 18.8 Å². The molecule has 1 N–H and O–H groups in total. The minimum Gasteiger partial charge on any atom is -0.471 e. The van der Waals surface area contributed by atoms with Crippen molar-refractivity contribution < 1.29 is 28.9 Å². The maximum absolute atomic E-state index is 12.0. The summed E-state index contributed by atoms with van der Waals surface area (Å²) in [6.45, 7) is 11.7. The van der Waals surface area contributed by atoms with Crippen LogP contribution in [0.4, 0.5) is 16.2 Å². The van der Waals surface area contributed by atoms with E-state index in [1.807, 2.05) is 13.8 Å². The molecule has 39 heavy (non-hydrogen) atoms. The van der Waals surface area contributed by atoms with Gasteiger partial charge in [0.15, 0.2) is 0 Å². The summed E-state index contributed by atoms with van der Waals surface area (Å²) in [6.07, 6.45) is 2.42. The summed E-state index contributed by atoms with van der Waals surface area (Å²) in [5.74, 6) is -0.0375. The van der Waals surface area contributed by atoms with Crippen LogP contribution in [0.3, 0.4) is 0 Å². The lowest BCUT2D eigenvalue weighted by Crippen LogP contribution is -2.39. The van der Waals surface area contributed by atoms with Gasteiger partial charge in [-0.1, -0.05) is 6.92 Å². The Morgan fingerprint density at radius 2 is 1.46 bits per heavy atom. The van der Waals surface area contributed by atoms with Crippen molar-refractivity contribution in [3.63, 3.8) is 0 Å². The molecule has 2 heterocycles. The van der Waals surface area contributed by atoms with E-state index in [9.17, 15) is 25.0 Å². The van der Waals surface area contributed by atoms with E-state index in [-0.39, 0.29) is 36.3 Å². The third-order valence-corrected chi connectivity index (χ3v) is 5.26. The van der Waals surface area contributed by atoms with Gasteiger partial charge < -0.3 is 24.4 Å². The summed E-state index contributed by atoms with van der Waals surface area (Å²) in [5, 5.41) is 24.7. The Labute approximate surface area is 243 Å². The smallest absolute Gasteiger partial charge is 0.410 e. The second-order valence-electron chi connectivity index (χ2n) is 8.58. The van der Waals surface area contributed by atoms with Gasteiger partial charge in [-0.05, 0) is 66.1 Å². The molecule has 0 aliphatic carbocycles. The molecule has 216 valence electrons. The third-order valence-electron chi connectivity index (χ3n) is 4.39. The Kier molecular flexibility index (Phi) is 14.6. The van der Waals surface area contributed by atoms with Crippen LogP contribution < -0.4 is 14.8 Å². The zero-order valence-electron chi connectivity index (χ0n) is 22.3. The molecule has 0 spiro atoms. The van der Waals surface area contributed by atoms with E-state index in [1.54, 1.807) is 20.8 Å². The van der Waals surface area contributed by atoms with E-state index in [2.05, 4.69) is 47.1 Å². The van der Waals surface area contributed by atoms with Gasteiger partial charge in [-0.15, -0.1) is 0 Å². The molecule has 2 rings (SSSR count). The fourth-order valence-corrected chi connectivity index (χ4v) is 3.31. The summed E-state index contributed by atoms with van der Waals surface area (Å²) in [7, 11) is 0. The maximum atomic E-state index is 12.0. The molecule has 0 saturated heterocycles. The fourth-order valence-electron chi connectivity index (χ4n) is 2.67. The molecular weight excluding hydrogens is 648 g/mol. The van der Waals surface area contributed by atoms with Crippen LogP contribution in [0.1, 0.15) is 34.6 Å². The predicted octanol–water partition coefficient (Wildman–Crippen LogP) is 5.13. The largest absolute Gasteiger partial charge is 0.471 e. The number of ether oxygens (including phenoxy) is 3. The number of nitro groups is 2. The number of halogens is 2. The molecule has 0 atom stereocenters.